The van der Waals surface area contributed by atoms with Gasteiger partial charge in [0.1, 0.15) is 28.6 Å². The summed E-state index contributed by atoms with van der Waals surface area (Å²) in [7, 11) is 0. The van der Waals surface area contributed by atoms with Crippen LogP contribution >= 0.6 is 11.6 Å². The van der Waals surface area contributed by atoms with Crippen LogP contribution in [-0.2, 0) is 11.3 Å². The first-order valence-corrected chi connectivity index (χ1v) is 10.3. The Morgan fingerprint density at radius 3 is 2.58 bits per heavy atom. The van der Waals surface area contributed by atoms with Gasteiger partial charge in [0.2, 0.25) is 5.88 Å². The van der Waals surface area contributed by atoms with Crippen LogP contribution in [0.4, 0.5) is 0 Å². The predicted molar refractivity (Wildman–Crippen MR) is 125 cm³/mol. The second kappa shape index (κ2) is 9.81. The van der Waals surface area contributed by atoms with Gasteiger partial charge in [-0.3, -0.25) is 14.0 Å². The fourth-order valence-electron chi connectivity index (χ4n) is 3.08. The monoisotopic (exact) mass is 456 g/mol. The molecule has 0 spiro atoms. The van der Waals surface area contributed by atoms with Gasteiger partial charge in [-0.25, -0.2) is 0 Å². The van der Waals surface area contributed by atoms with Crippen LogP contribution in [0.15, 0.2) is 89.4 Å². The zero-order valence-electron chi connectivity index (χ0n) is 17.2. The van der Waals surface area contributed by atoms with Gasteiger partial charge < -0.3 is 10.1 Å². The van der Waals surface area contributed by atoms with Gasteiger partial charge in [0.25, 0.3) is 11.5 Å². The summed E-state index contributed by atoms with van der Waals surface area (Å²) in [5, 5.41) is 12.6. The molecule has 0 saturated heterocycles. The Hall–Kier alpha value is -4.41. The van der Waals surface area contributed by atoms with Crippen LogP contribution in [0.25, 0.3) is 11.7 Å². The van der Waals surface area contributed by atoms with E-state index in [1.165, 1.54) is 10.5 Å². The summed E-state index contributed by atoms with van der Waals surface area (Å²) in [6, 6.07) is 22.9. The van der Waals surface area contributed by atoms with Gasteiger partial charge in [0.05, 0.1) is 5.02 Å². The van der Waals surface area contributed by atoms with Crippen molar-refractivity contribution in [2.75, 3.05) is 0 Å². The number of ether oxygens (including phenoxy) is 1. The standard InChI is InChI=1S/C25H17ClN4O3/c26-20-10-4-5-11-21(20)33-24-19(25(32)30-13-7-6-12-22(30)29-24)14-18(15-27)23(31)28-16-17-8-2-1-3-9-17/h1-14H,16H2,(H,28,31)/b18-14+. The number of nitrogens with one attached hydrogen (secondary N) is 1. The van der Waals surface area contributed by atoms with Crippen molar-refractivity contribution in [1.82, 2.24) is 14.7 Å². The molecule has 0 fully saturated rings. The summed E-state index contributed by atoms with van der Waals surface area (Å²) >= 11 is 6.20. The Bertz CT molecular complexity index is 1460. The van der Waals surface area contributed by atoms with Gasteiger partial charge >= 0.3 is 0 Å². The molecule has 0 atom stereocenters. The highest BCUT2D eigenvalue weighted by molar-refractivity contribution is 6.32. The normalized spacial score (nSPS) is 11.1. The topological polar surface area (TPSA) is 96.5 Å². The Labute approximate surface area is 194 Å². The number of hydrogen-bond donors (Lipinski definition) is 1. The molecule has 2 aromatic heterocycles. The van der Waals surface area contributed by atoms with Crippen molar-refractivity contribution >= 4 is 29.2 Å². The molecular formula is C25H17ClN4O3. The molecule has 162 valence electrons. The van der Waals surface area contributed by atoms with Crippen LogP contribution in [0.3, 0.4) is 0 Å². The molecular weight excluding hydrogens is 440 g/mol. The third-order valence-electron chi connectivity index (χ3n) is 4.73. The number of pyridine rings is 1. The van der Waals surface area contributed by atoms with Crippen LogP contribution in [0.5, 0.6) is 11.6 Å². The fourth-order valence-corrected chi connectivity index (χ4v) is 3.26. The van der Waals surface area contributed by atoms with E-state index in [9.17, 15) is 14.9 Å². The largest absolute Gasteiger partial charge is 0.437 e. The van der Waals surface area contributed by atoms with Crippen molar-refractivity contribution in [2.24, 2.45) is 0 Å². The van der Waals surface area contributed by atoms with Crippen molar-refractivity contribution in [3.8, 4) is 17.7 Å². The lowest BCUT2D eigenvalue weighted by molar-refractivity contribution is -0.117. The summed E-state index contributed by atoms with van der Waals surface area (Å²) in [4.78, 5) is 30.3. The van der Waals surface area contributed by atoms with Gasteiger partial charge in [0.15, 0.2) is 0 Å². The highest BCUT2D eigenvalue weighted by atomic mass is 35.5. The van der Waals surface area contributed by atoms with E-state index in [4.69, 9.17) is 16.3 Å². The van der Waals surface area contributed by atoms with Crippen molar-refractivity contribution in [2.45, 2.75) is 6.54 Å². The average Bonchev–Trinajstić information content (AvgIpc) is 2.84. The van der Waals surface area contributed by atoms with Gasteiger partial charge in [-0.2, -0.15) is 10.2 Å². The van der Waals surface area contributed by atoms with Crippen molar-refractivity contribution in [1.29, 1.82) is 5.26 Å². The Morgan fingerprint density at radius 2 is 1.82 bits per heavy atom. The number of para-hydroxylation sites is 1. The number of halogens is 1. The average molecular weight is 457 g/mol. The molecule has 0 saturated carbocycles. The van der Waals surface area contributed by atoms with Crippen molar-refractivity contribution < 1.29 is 9.53 Å². The molecule has 2 aromatic carbocycles. The zero-order chi connectivity index (χ0) is 23.2. The number of benzene rings is 2. The number of nitriles is 1. The Balaban J connectivity index is 1.75. The maximum Gasteiger partial charge on any atom is 0.269 e. The van der Waals surface area contributed by atoms with Crippen LogP contribution in [0.2, 0.25) is 5.02 Å². The number of amides is 1. The van der Waals surface area contributed by atoms with Gasteiger partial charge in [-0.05, 0) is 35.9 Å². The summed E-state index contributed by atoms with van der Waals surface area (Å²) in [6.07, 6.45) is 2.73. The minimum Gasteiger partial charge on any atom is -0.437 e. The van der Waals surface area contributed by atoms with Crippen LogP contribution in [0.1, 0.15) is 11.1 Å². The molecule has 33 heavy (non-hydrogen) atoms. The zero-order valence-corrected chi connectivity index (χ0v) is 18.0. The fraction of sp³-hybridized carbons (Fsp3) is 0.0400. The molecule has 0 aliphatic carbocycles. The van der Waals surface area contributed by atoms with E-state index in [1.54, 1.807) is 48.7 Å². The van der Waals surface area contributed by atoms with Crippen LogP contribution < -0.4 is 15.6 Å². The third-order valence-corrected chi connectivity index (χ3v) is 5.04. The molecule has 8 heteroatoms. The van der Waals surface area contributed by atoms with E-state index in [-0.39, 0.29) is 29.3 Å². The number of fused-ring (bicyclic) bond motifs is 1. The van der Waals surface area contributed by atoms with Crippen molar-refractivity contribution in [3.63, 3.8) is 0 Å². The highest BCUT2D eigenvalue weighted by Crippen LogP contribution is 2.29. The molecule has 7 nitrogen and oxygen atoms in total. The van der Waals surface area contributed by atoms with Gasteiger partial charge in [-0.15, -0.1) is 0 Å². The molecule has 0 aliphatic heterocycles. The number of carbonyl (C=O) groups is 1. The molecule has 2 heterocycles. The number of aromatic nitrogens is 2. The maximum absolute atomic E-state index is 13.2. The van der Waals surface area contributed by atoms with Crippen LogP contribution in [0, 0.1) is 11.3 Å². The predicted octanol–water partition coefficient (Wildman–Crippen LogP) is 4.36. The maximum atomic E-state index is 13.2. The number of hydrogen-bond acceptors (Lipinski definition) is 5. The first kappa shape index (κ1) is 21.8. The van der Waals surface area contributed by atoms with E-state index in [0.717, 1.165) is 5.56 Å². The third kappa shape index (κ3) is 4.92. The molecule has 0 unspecified atom stereocenters. The molecule has 0 aliphatic rings. The molecule has 4 aromatic rings. The van der Waals surface area contributed by atoms with E-state index < -0.39 is 11.5 Å². The van der Waals surface area contributed by atoms with E-state index >= 15 is 0 Å². The molecule has 1 amide bonds. The summed E-state index contributed by atoms with van der Waals surface area (Å²) < 4.78 is 7.15. The number of rotatable bonds is 6. The lowest BCUT2D eigenvalue weighted by Crippen LogP contribution is -2.25. The van der Waals surface area contributed by atoms with Crippen molar-refractivity contribution in [3.05, 3.63) is 111 Å². The smallest absolute Gasteiger partial charge is 0.269 e. The first-order valence-electron chi connectivity index (χ1n) is 9.94. The second-order valence-corrected chi connectivity index (χ2v) is 7.34. The van der Waals surface area contributed by atoms with E-state index in [1.807, 2.05) is 36.4 Å². The first-order chi connectivity index (χ1) is 16.1. The molecule has 0 bridgehead atoms. The summed E-state index contributed by atoms with van der Waals surface area (Å²) in [6.45, 7) is 0.233. The minimum absolute atomic E-state index is 0.0509. The number of nitrogens with zero attached hydrogens (tertiary/aromatic N) is 3. The Morgan fingerprint density at radius 1 is 1.09 bits per heavy atom. The van der Waals surface area contributed by atoms with Gasteiger partial charge in [-0.1, -0.05) is 60.1 Å². The van der Waals surface area contributed by atoms with Crippen LogP contribution in [-0.4, -0.2) is 15.3 Å². The molecule has 0 radical (unpaired) electrons. The Kier molecular flexibility index (Phi) is 6.48. The van der Waals surface area contributed by atoms with E-state index in [2.05, 4.69) is 10.3 Å². The lowest BCUT2D eigenvalue weighted by Gasteiger charge is -2.11. The summed E-state index contributed by atoms with van der Waals surface area (Å²) in [5.74, 6) is -0.404. The SMILES string of the molecule is N#C/C(=C\c1c(Oc2ccccc2Cl)nc2ccccn2c1=O)C(=O)NCc1ccccc1. The molecule has 1 N–H and O–H groups in total. The second-order valence-electron chi connectivity index (χ2n) is 6.94. The number of carbonyl (C=O) groups excluding carboxylic acids is 1. The summed E-state index contributed by atoms with van der Waals surface area (Å²) in [5.41, 5.74) is 0.410. The quantitative estimate of drug-likeness (QED) is 0.343. The van der Waals surface area contributed by atoms with Gasteiger partial charge in [0, 0.05) is 12.7 Å². The highest BCUT2D eigenvalue weighted by Gasteiger charge is 2.18. The minimum atomic E-state index is -0.623. The van der Waals surface area contributed by atoms with E-state index in [0.29, 0.717) is 10.7 Å². The molecule has 4 rings (SSSR count). The lowest BCUT2D eigenvalue weighted by atomic mass is 10.1.